The lowest BCUT2D eigenvalue weighted by Gasteiger charge is -2.17. The molecular formula is C18H23ClN2O. The number of nitrogens with zero attached hydrogens (tertiary/aromatic N) is 1. The molecule has 0 spiro atoms. The Morgan fingerprint density at radius 3 is 2.82 bits per heavy atom. The molecule has 2 aromatic rings. The van der Waals surface area contributed by atoms with Crippen molar-refractivity contribution in [2.45, 2.75) is 12.8 Å². The van der Waals surface area contributed by atoms with Crippen molar-refractivity contribution in [2.24, 2.45) is 5.92 Å². The second kappa shape index (κ2) is 7.61. The number of halogens is 1. The molecule has 0 bridgehead atoms. The lowest BCUT2D eigenvalue weighted by atomic mass is 10.0. The molecule has 1 atom stereocenters. The fourth-order valence-electron chi connectivity index (χ4n) is 3.24. The molecule has 2 aromatic carbocycles. The van der Waals surface area contributed by atoms with Gasteiger partial charge in [-0.2, -0.15) is 0 Å². The third kappa shape index (κ3) is 3.60. The van der Waals surface area contributed by atoms with Crippen LogP contribution in [0.15, 0.2) is 42.5 Å². The maximum Gasteiger partial charge on any atom is 0.227 e. The zero-order valence-electron chi connectivity index (χ0n) is 12.9. The van der Waals surface area contributed by atoms with Crippen molar-refractivity contribution in [3.8, 4) is 0 Å². The number of benzene rings is 2. The van der Waals surface area contributed by atoms with Crippen LogP contribution in [0.5, 0.6) is 0 Å². The first-order valence-electron chi connectivity index (χ1n) is 7.67. The normalized spacial score (nSPS) is 17.5. The van der Waals surface area contributed by atoms with Gasteiger partial charge in [-0.1, -0.05) is 42.5 Å². The quantitative estimate of drug-likeness (QED) is 0.940. The van der Waals surface area contributed by atoms with Gasteiger partial charge >= 0.3 is 0 Å². The predicted molar refractivity (Wildman–Crippen MR) is 93.5 cm³/mol. The Hall–Kier alpha value is -1.58. The molecule has 1 amide bonds. The molecule has 118 valence electrons. The van der Waals surface area contributed by atoms with Crippen LogP contribution in [-0.4, -0.2) is 37.5 Å². The first-order chi connectivity index (χ1) is 10.3. The Balaban J connectivity index is 0.00000176. The van der Waals surface area contributed by atoms with Crippen LogP contribution in [-0.2, 0) is 11.2 Å². The monoisotopic (exact) mass is 318 g/mol. The Labute approximate surface area is 138 Å². The predicted octanol–water partition coefficient (Wildman–Crippen LogP) is 2.87. The van der Waals surface area contributed by atoms with E-state index in [4.69, 9.17) is 0 Å². The van der Waals surface area contributed by atoms with Crippen molar-refractivity contribution in [3.63, 3.8) is 0 Å². The minimum absolute atomic E-state index is 0. The Morgan fingerprint density at radius 2 is 2.00 bits per heavy atom. The summed E-state index contributed by atoms with van der Waals surface area (Å²) in [6.45, 7) is 2.79. The number of carbonyl (C=O) groups is 1. The smallest absolute Gasteiger partial charge is 0.227 e. The van der Waals surface area contributed by atoms with E-state index in [-0.39, 0.29) is 18.3 Å². The summed E-state index contributed by atoms with van der Waals surface area (Å²) < 4.78 is 0. The lowest BCUT2D eigenvalue weighted by Crippen LogP contribution is -2.31. The summed E-state index contributed by atoms with van der Waals surface area (Å²) in [5.41, 5.74) is 1.13. The molecule has 1 N–H and O–H groups in total. The molecule has 1 aliphatic heterocycles. The van der Waals surface area contributed by atoms with E-state index in [1.54, 1.807) is 0 Å². The van der Waals surface area contributed by atoms with Crippen molar-refractivity contribution in [3.05, 3.63) is 48.0 Å². The van der Waals surface area contributed by atoms with Crippen molar-refractivity contribution >= 4 is 29.1 Å². The summed E-state index contributed by atoms with van der Waals surface area (Å²) in [6, 6.07) is 14.5. The number of amides is 1. The summed E-state index contributed by atoms with van der Waals surface area (Å²) in [6.07, 6.45) is 1.62. The van der Waals surface area contributed by atoms with Gasteiger partial charge in [0.05, 0.1) is 6.42 Å². The van der Waals surface area contributed by atoms with E-state index in [1.807, 2.05) is 30.1 Å². The fraction of sp³-hybridized carbons (Fsp3) is 0.389. The van der Waals surface area contributed by atoms with Gasteiger partial charge in [-0.05, 0) is 42.3 Å². The van der Waals surface area contributed by atoms with Gasteiger partial charge in [0.2, 0.25) is 5.91 Å². The van der Waals surface area contributed by atoms with Crippen LogP contribution in [0.25, 0.3) is 10.8 Å². The number of carbonyl (C=O) groups excluding carboxylic acids is 1. The van der Waals surface area contributed by atoms with Gasteiger partial charge in [0, 0.05) is 13.1 Å². The lowest BCUT2D eigenvalue weighted by molar-refractivity contribution is -0.129. The van der Waals surface area contributed by atoms with E-state index >= 15 is 0 Å². The van der Waals surface area contributed by atoms with Crippen LogP contribution < -0.4 is 5.32 Å². The number of nitrogens with one attached hydrogen (secondary N) is 1. The van der Waals surface area contributed by atoms with Crippen LogP contribution in [0, 0.1) is 5.92 Å². The van der Waals surface area contributed by atoms with Crippen molar-refractivity contribution in [2.75, 3.05) is 26.7 Å². The summed E-state index contributed by atoms with van der Waals surface area (Å²) in [7, 11) is 1.97. The largest absolute Gasteiger partial charge is 0.342 e. The highest BCUT2D eigenvalue weighted by atomic mass is 35.5. The summed E-state index contributed by atoms with van der Waals surface area (Å²) in [5.74, 6) is 0.858. The third-order valence-electron chi connectivity index (χ3n) is 4.35. The van der Waals surface area contributed by atoms with E-state index < -0.39 is 0 Å². The first kappa shape index (κ1) is 16.8. The van der Waals surface area contributed by atoms with Crippen molar-refractivity contribution in [1.82, 2.24) is 10.2 Å². The van der Waals surface area contributed by atoms with Gasteiger partial charge in [0.25, 0.3) is 0 Å². The van der Waals surface area contributed by atoms with Gasteiger partial charge in [-0.3, -0.25) is 4.79 Å². The average Bonchev–Trinajstić information content (AvgIpc) is 2.97. The standard InChI is InChI=1S/C18H22N2O.ClH/c1-19-12-14-9-10-20(13-14)18(21)11-16-7-4-6-15-5-2-3-8-17(15)16;/h2-8,14,19H,9-13H2,1H3;1H. The molecule has 0 saturated carbocycles. The number of fused-ring (bicyclic) bond motifs is 1. The molecule has 0 aromatic heterocycles. The molecule has 1 unspecified atom stereocenters. The van der Waals surface area contributed by atoms with Crippen LogP contribution >= 0.6 is 12.4 Å². The molecule has 0 aliphatic carbocycles. The molecule has 4 heteroatoms. The van der Waals surface area contributed by atoms with E-state index in [0.29, 0.717) is 12.3 Å². The molecule has 1 saturated heterocycles. The SMILES string of the molecule is CNCC1CCN(C(=O)Cc2cccc3ccccc23)C1.Cl. The van der Waals surface area contributed by atoms with E-state index in [9.17, 15) is 4.79 Å². The fourth-order valence-corrected chi connectivity index (χ4v) is 3.24. The number of hydrogen-bond donors (Lipinski definition) is 1. The highest BCUT2D eigenvalue weighted by Crippen LogP contribution is 2.21. The van der Waals surface area contributed by atoms with Crippen LogP contribution in [0.1, 0.15) is 12.0 Å². The summed E-state index contributed by atoms with van der Waals surface area (Å²) in [4.78, 5) is 14.5. The van der Waals surface area contributed by atoms with Crippen molar-refractivity contribution < 1.29 is 4.79 Å². The highest BCUT2D eigenvalue weighted by Gasteiger charge is 2.25. The number of hydrogen-bond acceptors (Lipinski definition) is 2. The molecule has 22 heavy (non-hydrogen) atoms. The topological polar surface area (TPSA) is 32.3 Å². The van der Waals surface area contributed by atoms with Gasteiger partial charge in [0.15, 0.2) is 0 Å². The van der Waals surface area contributed by atoms with E-state index in [2.05, 4.69) is 29.6 Å². The van der Waals surface area contributed by atoms with Crippen LogP contribution in [0.3, 0.4) is 0 Å². The van der Waals surface area contributed by atoms with Gasteiger partial charge in [0.1, 0.15) is 0 Å². The van der Waals surface area contributed by atoms with Gasteiger partial charge in [-0.25, -0.2) is 0 Å². The van der Waals surface area contributed by atoms with Crippen LogP contribution in [0.2, 0.25) is 0 Å². The number of rotatable bonds is 4. The van der Waals surface area contributed by atoms with Gasteiger partial charge in [-0.15, -0.1) is 12.4 Å². The third-order valence-corrected chi connectivity index (χ3v) is 4.35. The highest BCUT2D eigenvalue weighted by molar-refractivity contribution is 5.90. The molecule has 1 heterocycles. The summed E-state index contributed by atoms with van der Waals surface area (Å²) >= 11 is 0. The number of likely N-dealkylation sites (tertiary alicyclic amines) is 1. The molecule has 3 nitrogen and oxygen atoms in total. The van der Waals surface area contributed by atoms with Gasteiger partial charge < -0.3 is 10.2 Å². The molecule has 1 aliphatic rings. The second-order valence-corrected chi connectivity index (χ2v) is 5.87. The minimum atomic E-state index is 0. The maximum absolute atomic E-state index is 12.5. The average molecular weight is 319 g/mol. The summed E-state index contributed by atoms with van der Waals surface area (Å²) in [5, 5.41) is 5.60. The van der Waals surface area contributed by atoms with Crippen molar-refractivity contribution in [1.29, 1.82) is 0 Å². The molecular weight excluding hydrogens is 296 g/mol. The minimum Gasteiger partial charge on any atom is -0.342 e. The molecule has 3 rings (SSSR count). The molecule has 1 fully saturated rings. The maximum atomic E-state index is 12.5. The van der Waals surface area contributed by atoms with E-state index in [0.717, 1.165) is 31.6 Å². The van der Waals surface area contributed by atoms with Crippen LogP contribution in [0.4, 0.5) is 0 Å². The second-order valence-electron chi connectivity index (χ2n) is 5.87. The molecule has 0 radical (unpaired) electrons. The zero-order chi connectivity index (χ0) is 14.7. The Morgan fingerprint density at radius 1 is 1.23 bits per heavy atom. The Kier molecular flexibility index (Phi) is 5.81. The first-order valence-corrected chi connectivity index (χ1v) is 7.67. The van der Waals surface area contributed by atoms with E-state index in [1.165, 1.54) is 10.8 Å². The zero-order valence-corrected chi connectivity index (χ0v) is 13.7. The Bertz CT molecular complexity index is 639.